The summed E-state index contributed by atoms with van der Waals surface area (Å²) in [5.74, 6) is -2.25. The van der Waals surface area contributed by atoms with Crippen molar-refractivity contribution < 1.29 is 35.4 Å². The number of nitriles is 1. The number of aliphatic hydroxyl groups is 5. The summed E-state index contributed by atoms with van der Waals surface area (Å²) in [6.45, 7) is -0.794. The molecule has 0 aliphatic heterocycles. The third kappa shape index (κ3) is 10.9. The fourth-order valence-corrected chi connectivity index (χ4v) is 1.48. The van der Waals surface area contributed by atoms with E-state index in [0.717, 1.165) is 12.8 Å². The summed E-state index contributed by atoms with van der Waals surface area (Å²) in [5, 5.41) is 60.8. The van der Waals surface area contributed by atoms with Crippen molar-refractivity contribution in [2.24, 2.45) is 17.4 Å². The van der Waals surface area contributed by atoms with Crippen molar-refractivity contribution in [3.05, 3.63) is 0 Å². The fraction of sp³-hybridized carbons (Fsp3) is 0.846. The summed E-state index contributed by atoms with van der Waals surface area (Å²) < 4.78 is 0. The second-order valence-corrected chi connectivity index (χ2v) is 4.87. The van der Waals surface area contributed by atoms with E-state index in [-0.39, 0.29) is 0 Å². The van der Waals surface area contributed by atoms with Crippen LogP contribution in [-0.4, -0.2) is 80.7 Å². The number of hydrogen-bond donors (Lipinski definition) is 8. The van der Waals surface area contributed by atoms with Gasteiger partial charge in [-0.1, -0.05) is 6.42 Å². The van der Waals surface area contributed by atoms with Crippen molar-refractivity contribution in [3.8, 4) is 6.07 Å². The number of nitrogens with two attached hydrogens (primary N) is 2. The third-order valence-electron chi connectivity index (χ3n) is 2.99. The molecule has 23 heavy (non-hydrogen) atoms. The van der Waals surface area contributed by atoms with E-state index >= 15 is 0 Å². The molecular weight excluding hydrogens is 310 g/mol. The predicted octanol–water partition coefficient (Wildman–Crippen LogP) is -3.28. The highest BCUT2D eigenvalue weighted by Gasteiger charge is 2.31. The lowest BCUT2D eigenvalue weighted by Gasteiger charge is -2.23. The van der Waals surface area contributed by atoms with E-state index in [1.165, 1.54) is 6.07 Å². The Hall–Kier alpha value is -1.32. The highest BCUT2D eigenvalue weighted by molar-refractivity contribution is 5.72. The molecule has 10 nitrogen and oxygen atoms in total. The molecular formula is C13H27N3O7. The minimum atomic E-state index is -1.57. The summed E-state index contributed by atoms with van der Waals surface area (Å²) in [6, 6.07) is 0.820. The van der Waals surface area contributed by atoms with Crippen LogP contribution in [-0.2, 0) is 4.79 Å². The number of hydrogen-bond acceptors (Lipinski definition) is 9. The van der Waals surface area contributed by atoms with Gasteiger partial charge in [0.05, 0.1) is 25.4 Å². The molecule has 0 spiro atoms. The van der Waals surface area contributed by atoms with Crippen LogP contribution >= 0.6 is 0 Å². The molecule has 0 unspecified atom stereocenters. The van der Waals surface area contributed by atoms with Gasteiger partial charge in [0.25, 0.3) is 0 Å². The zero-order valence-electron chi connectivity index (χ0n) is 12.8. The normalized spacial score (nSPS) is 17.0. The van der Waals surface area contributed by atoms with Crippen LogP contribution in [0.4, 0.5) is 0 Å². The fourth-order valence-electron chi connectivity index (χ4n) is 1.48. The SMILES string of the molecule is N#C[C@@H]([C@H](O)[C@H](O)CO)[C@@H](O)CO.NCCCC[C@H](N)C(=O)O. The molecule has 0 aromatic heterocycles. The van der Waals surface area contributed by atoms with Gasteiger partial charge in [-0.15, -0.1) is 0 Å². The van der Waals surface area contributed by atoms with Gasteiger partial charge in [0.1, 0.15) is 24.2 Å². The Morgan fingerprint density at radius 1 is 1.09 bits per heavy atom. The molecule has 0 heterocycles. The van der Waals surface area contributed by atoms with Crippen LogP contribution in [0.3, 0.4) is 0 Å². The molecule has 136 valence electrons. The highest BCUT2D eigenvalue weighted by Crippen LogP contribution is 2.11. The van der Waals surface area contributed by atoms with Crippen molar-refractivity contribution in [1.82, 2.24) is 0 Å². The maximum atomic E-state index is 10.1. The first-order chi connectivity index (χ1) is 10.8. The van der Waals surface area contributed by atoms with Crippen LogP contribution in [0.25, 0.3) is 0 Å². The standard InChI is InChI=1S/C7H13NO5.C6H14N2O2/c8-1-4(5(11)2-9)7(13)6(12)3-10;7-4-2-1-3-5(8)6(9)10/h4-7,9-13H,2-3H2;5H,1-4,7-8H2,(H,9,10)/t4-,5+,6-,7+;5-/m10/s1. The average molecular weight is 337 g/mol. The second kappa shape index (κ2) is 14.3. The Morgan fingerprint density at radius 3 is 1.96 bits per heavy atom. The largest absolute Gasteiger partial charge is 0.480 e. The smallest absolute Gasteiger partial charge is 0.320 e. The molecule has 10 N–H and O–H groups in total. The van der Waals surface area contributed by atoms with Crippen molar-refractivity contribution in [1.29, 1.82) is 5.26 Å². The molecule has 0 aromatic carbocycles. The Bertz CT molecular complexity index is 351. The molecule has 0 fully saturated rings. The van der Waals surface area contributed by atoms with Crippen molar-refractivity contribution in [3.63, 3.8) is 0 Å². The van der Waals surface area contributed by atoms with Gasteiger partial charge in [-0.05, 0) is 19.4 Å². The van der Waals surface area contributed by atoms with Crippen LogP contribution < -0.4 is 11.5 Å². The van der Waals surface area contributed by atoms with E-state index in [1.807, 2.05) is 0 Å². The molecule has 0 aromatic rings. The molecule has 5 atom stereocenters. The number of carbonyl (C=O) groups is 1. The van der Waals surface area contributed by atoms with E-state index in [9.17, 15) is 9.90 Å². The first-order valence-corrected chi connectivity index (χ1v) is 7.10. The van der Waals surface area contributed by atoms with E-state index in [1.54, 1.807) is 0 Å². The Labute approximate surface area is 134 Å². The number of unbranched alkanes of at least 4 members (excludes halogenated alkanes) is 1. The number of rotatable bonds is 10. The molecule has 0 saturated carbocycles. The van der Waals surface area contributed by atoms with Crippen molar-refractivity contribution in [2.75, 3.05) is 19.8 Å². The van der Waals surface area contributed by atoms with Gasteiger partial charge in [0.2, 0.25) is 0 Å². The van der Waals surface area contributed by atoms with Gasteiger partial charge in [-0.3, -0.25) is 4.79 Å². The lowest BCUT2D eigenvalue weighted by molar-refractivity contribution is -0.138. The molecule has 0 radical (unpaired) electrons. The summed E-state index contributed by atoms with van der Waals surface area (Å²) in [5.41, 5.74) is 10.4. The van der Waals surface area contributed by atoms with Gasteiger partial charge in [-0.25, -0.2) is 0 Å². The van der Waals surface area contributed by atoms with E-state index in [0.29, 0.717) is 13.0 Å². The zero-order valence-corrected chi connectivity index (χ0v) is 12.8. The Balaban J connectivity index is 0. The van der Waals surface area contributed by atoms with Crippen LogP contribution in [0.2, 0.25) is 0 Å². The monoisotopic (exact) mass is 337 g/mol. The maximum absolute atomic E-state index is 10.1. The van der Waals surface area contributed by atoms with Crippen LogP contribution in [0, 0.1) is 17.2 Å². The summed E-state index contributed by atoms with van der Waals surface area (Å²) >= 11 is 0. The topological polar surface area (TPSA) is 214 Å². The molecule has 10 heteroatoms. The van der Waals surface area contributed by atoms with Gasteiger partial charge >= 0.3 is 5.97 Å². The van der Waals surface area contributed by atoms with E-state index in [2.05, 4.69) is 0 Å². The zero-order chi connectivity index (χ0) is 18.4. The summed E-state index contributed by atoms with van der Waals surface area (Å²) in [4.78, 5) is 10.1. The number of carboxylic acids is 1. The number of aliphatic hydroxyl groups excluding tert-OH is 5. The average Bonchev–Trinajstić information content (AvgIpc) is 2.54. The molecule has 0 aliphatic carbocycles. The van der Waals surface area contributed by atoms with Crippen LogP contribution in [0.1, 0.15) is 19.3 Å². The molecule has 0 bridgehead atoms. The molecule has 0 saturated heterocycles. The van der Waals surface area contributed by atoms with E-state index < -0.39 is 49.5 Å². The van der Waals surface area contributed by atoms with Gasteiger partial charge < -0.3 is 42.1 Å². The quantitative estimate of drug-likeness (QED) is 0.186. The van der Waals surface area contributed by atoms with Crippen molar-refractivity contribution >= 4 is 5.97 Å². The van der Waals surface area contributed by atoms with Crippen molar-refractivity contribution in [2.45, 2.75) is 43.6 Å². The summed E-state index contributed by atoms with van der Waals surface area (Å²) in [7, 11) is 0. The number of aliphatic carboxylic acids is 1. The molecule has 0 rings (SSSR count). The van der Waals surface area contributed by atoms with Crippen LogP contribution in [0.15, 0.2) is 0 Å². The minimum absolute atomic E-state index is 0.520. The van der Waals surface area contributed by atoms with Crippen LogP contribution in [0.5, 0.6) is 0 Å². The minimum Gasteiger partial charge on any atom is -0.480 e. The number of carboxylic acid groups (broad SMARTS) is 1. The Morgan fingerprint density at radius 2 is 1.61 bits per heavy atom. The second-order valence-electron chi connectivity index (χ2n) is 4.87. The summed E-state index contributed by atoms with van der Waals surface area (Å²) in [6.07, 6.45) is -2.33. The maximum Gasteiger partial charge on any atom is 0.320 e. The first-order valence-electron chi connectivity index (χ1n) is 7.10. The third-order valence-corrected chi connectivity index (χ3v) is 2.99. The van der Waals surface area contributed by atoms with Gasteiger partial charge in [0.15, 0.2) is 0 Å². The lowest BCUT2D eigenvalue weighted by atomic mass is 9.94. The lowest BCUT2D eigenvalue weighted by Crippen LogP contribution is -2.42. The Kier molecular flexibility index (Phi) is 14.9. The predicted molar refractivity (Wildman–Crippen MR) is 79.8 cm³/mol. The highest BCUT2D eigenvalue weighted by atomic mass is 16.4. The van der Waals surface area contributed by atoms with Gasteiger partial charge in [-0.2, -0.15) is 5.26 Å². The first kappa shape index (κ1) is 23.9. The number of nitrogens with zero attached hydrogens (tertiary/aromatic N) is 1. The van der Waals surface area contributed by atoms with E-state index in [4.69, 9.17) is 42.3 Å². The molecule has 0 amide bonds. The molecule has 0 aliphatic rings. The van der Waals surface area contributed by atoms with Gasteiger partial charge in [0, 0.05) is 0 Å².